The molecular weight excluding hydrogens is 226 g/mol. The maximum atomic E-state index is 10.3. The summed E-state index contributed by atoms with van der Waals surface area (Å²) in [6.45, 7) is 0. The van der Waals surface area contributed by atoms with Gasteiger partial charge in [-0.3, -0.25) is 10.1 Å². The van der Waals surface area contributed by atoms with E-state index in [1.807, 2.05) is 0 Å². The van der Waals surface area contributed by atoms with Gasteiger partial charge in [0, 0.05) is 11.4 Å². The molecule has 1 aromatic rings. The van der Waals surface area contributed by atoms with Gasteiger partial charge in [-0.25, -0.2) is 0 Å². The van der Waals surface area contributed by atoms with E-state index in [2.05, 4.69) is 15.9 Å². The van der Waals surface area contributed by atoms with Crippen LogP contribution in [0.25, 0.3) is 0 Å². The molecule has 5 heteroatoms. The van der Waals surface area contributed by atoms with Gasteiger partial charge < -0.3 is 5.11 Å². The van der Waals surface area contributed by atoms with E-state index in [1.165, 1.54) is 12.1 Å². The number of nitro benzene ring substituents is 1. The minimum Gasteiger partial charge on any atom is -0.502 e. The quantitative estimate of drug-likeness (QED) is 0.482. The Morgan fingerprint density at radius 2 is 2.25 bits per heavy atom. The third-order valence-corrected chi connectivity index (χ3v) is 2.04. The lowest BCUT2D eigenvalue weighted by molar-refractivity contribution is -0.385. The lowest BCUT2D eigenvalue weighted by Crippen LogP contribution is -1.89. The molecule has 0 aliphatic carbocycles. The highest BCUT2D eigenvalue weighted by atomic mass is 79.9. The molecule has 0 heterocycles. The summed E-state index contributed by atoms with van der Waals surface area (Å²) < 4.78 is 0. The average Bonchev–Trinajstić information content (AvgIpc) is 2.05. The largest absolute Gasteiger partial charge is 0.502 e. The third kappa shape index (κ3) is 1.73. The molecule has 0 aliphatic heterocycles. The molecule has 64 valence electrons. The van der Waals surface area contributed by atoms with Crippen molar-refractivity contribution in [1.29, 1.82) is 0 Å². The molecule has 12 heavy (non-hydrogen) atoms. The van der Waals surface area contributed by atoms with Gasteiger partial charge in [0.15, 0.2) is 5.75 Å². The first-order valence-corrected chi connectivity index (χ1v) is 4.29. The fourth-order valence-electron chi connectivity index (χ4n) is 0.798. The van der Waals surface area contributed by atoms with Crippen molar-refractivity contribution in [3.8, 4) is 5.75 Å². The number of rotatable bonds is 2. The molecule has 0 saturated heterocycles. The van der Waals surface area contributed by atoms with Crippen LogP contribution in [-0.2, 0) is 5.33 Å². The van der Waals surface area contributed by atoms with Crippen LogP contribution in [0.3, 0.4) is 0 Å². The van der Waals surface area contributed by atoms with Crippen LogP contribution in [0.5, 0.6) is 5.75 Å². The Balaban J connectivity index is 3.17. The van der Waals surface area contributed by atoms with Crippen molar-refractivity contribution < 1.29 is 10.0 Å². The van der Waals surface area contributed by atoms with Crippen molar-refractivity contribution >= 4 is 21.6 Å². The molecule has 0 bridgehead atoms. The number of alkyl halides is 1. The molecule has 0 spiro atoms. The van der Waals surface area contributed by atoms with Crippen molar-refractivity contribution in [2.24, 2.45) is 0 Å². The highest BCUT2D eigenvalue weighted by molar-refractivity contribution is 9.08. The molecule has 0 amide bonds. The van der Waals surface area contributed by atoms with Crippen molar-refractivity contribution in [2.75, 3.05) is 0 Å². The number of halogens is 1. The molecule has 0 atom stereocenters. The predicted molar refractivity (Wildman–Crippen MR) is 47.4 cm³/mol. The number of nitro groups is 1. The molecule has 0 saturated carbocycles. The summed E-state index contributed by atoms with van der Waals surface area (Å²) in [7, 11) is 0. The predicted octanol–water partition coefficient (Wildman–Crippen LogP) is 2.20. The van der Waals surface area contributed by atoms with Gasteiger partial charge in [0.1, 0.15) is 0 Å². The summed E-state index contributed by atoms with van der Waals surface area (Å²) in [5.74, 6) is -0.301. The van der Waals surface area contributed by atoms with Gasteiger partial charge in [-0.2, -0.15) is 0 Å². The topological polar surface area (TPSA) is 63.4 Å². The summed E-state index contributed by atoms with van der Waals surface area (Å²) >= 11 is 3.16. The van der Waals surface area contributed by atoms with Gasteiger partial charge in [-0.05, 0) is 11.6 Å². The maximum absolute atomic E-state index is 10.3. The van der Waals surface area contributed by atoms with Gasteiger partial charge in [0.25, 0.3) is 0 Å². The SMILES string of the molecule is O=[N+]([O-])c1cc(CBr)ccc1O. The molecular formula is C7H6BrNO3. The second-order valence-electron chi connectivity index (χ2n) is 2.21. The fourth-order valence-corrected chi connectivity index (χ4v) is 1.15. The van der Waals surface area contributed by atoms with Crippen LogP contribution in [0.2, 0.25) is 0 Å². The van der Waals surface area contributed by atoms with E-state index in [4.69, 9.17) is 5.11 Å². The summed E-state index contributed by atoms with van der Waals surface area (Å²) in [6, 6.07) is 4.27. The molecule has 0 aliphatic rings. The third-order valence-electron chi connectivity index (χ3n) is 1.39. The fraction of sp³-hybridized carbons (Fsp3) is 0.143. The zero-order valence-electron chi connectivity index (χ0n) is 6.03. The molecule has 4 nitrogen and oxygen atoms in total. The molecule has 0 unspecified atom stereocenters. The van der Waals surface area contributed by atoms with E-state index < -0.39 is 4.92 Å². The first-order chi connectivity index (χ1) is 5.65. The number of phenolic OH excluding ortho intramolecular Hbond substituents is 1. The Morgan fingerprint density at radius 3 is 2.75 bits per heavy atom. The summed E-state index contributed by atoms with van der Waals surface area (Å²) in [5, 5.41) is 19.9. The molecule has 1 rings (SSSR count). The number of aromatic hydroxyl groups is 1. The Bertz CT molecular complexity index is 314. The number of phenols is 1. The highest BCUT2D eigenvalue weighted by Crippen LogP contribution is 2.26. The standard InChI is InChI=1S/C7H6BrNO3/c8-4-5-1-2-7(10)6(3-5)9(11)12/h1-3,10H,4H2. The smallest absolute Gasteiger partial charge is 0.310 e. The van der Waals surface area contributed by atoms with Crippen LogP contribution < -0.4 is 0 Å². The van der Waals surface area contributed by atoms with E-state index in [0.29, 0.717) is 5.33 Å². The van der Waals surface area contributed by atoms with E-state index in [-0.39, 0.29) is 11.4 Å². The average molecular weight is 232 g/mol. The van der Waals surface area contributed by atoms with Gasteiger partial charge in [-0.1, -0.05) is 22.0 Å². The van der Waals surface area contributed by atoms with Crippen molar-refractivity contribution in [3.05, 3.63) is 33.9 Å². The second kappa shape index (κ2) is 3.53. The second-order valence-corrected chi connectivity index (χ2v) is 2.77. The van der Waals surface area contributed by atoms with Crippen molar-refractivity contribution in [1.82, 2.24) is 0 Å². The van der Waals surface area contributed by atoms with E-state index in [1.54, 1.807) is 6.07 Å². The summed E-state index contributed by atoms with van der Waals surface area (Å²) in [4.78, 5) is 9.71. The van der Waals surface area contributed by atoms with Crippen LogP contribution in [0, 0.1) is 10.1 Å². The Labute approximate surface area is 77.1 Å². The Hall–Kier alpha value is -1.10. The Morgan fingerprint density at radius 1 is 1.58 bits per heavy atom. The summed E-state index contributed by atoms with van der Waals surface area (Å²) in [5.41, 5.74) is 0.506. The van der Waals surface area contributed by atoms with E-state index in [9.17, 15) is 10.1 Å². The number of benzene rings is 1. The van der Waals surface area contributed by atoms with Crippen molar-refractivity contribution in [2.45, 2.75) is 5.33 Å². The zero-order chi connectivity index (χ0) is 9.14. The normalized spacial score (nSPS) is 9.75. The molecule has 1 N–H and O–H groups in total. The van der Waals surface area contributed by atoms with Crippen LogP contribution in [0.15, 0.2) is 18.2 Å². The first kappa shape index (κ1) is 8.99. The first-order valence-electron chi connectivity index (χ1n) is 3.17. The molecule has 0 aromatic heterocycles. The minimum atomic E-state index is -0.610. The van der Waals surface area contributed by atoms with Crippen LogP contribution in [-0.4, -0.2) is 10.0 Å². The van der Waals surface area contributed by atoms with E-state index in [0.717, 1.165) is 5.56 Å². The molecule has 0 radical (unpaired) electrons. The maximum Gasteiger partial charge on any atom is 0.310 e. The van der Waals surface area contributed by atoms with Gasteiger partial charge in [-0.15, -0.1) is 0 Å². The van der Waals surface area contributed by atoms with Gasteiger partial charge >= 0.3 is 5.69 Å². The monoisotopic (exact) mass is 231 g/mol. The minimum absolute atomic E-state index is 0.257. The number of nitrogens with zero attached hydrogens (tertiary/aromatic N) is 1. The van der Waals surface area contributed by atoms with Gasteiger partial charge in [0.05, 0.1) is 4.92 Å². The van der Waals surface area contributed by atoms with Gasteiger partial charge in [0.2, 0.25) is 0 Å². The molecule has 0 fully saturated rings. The van der Waals surface area contributed by atoms with E-state index >= 15 is 0 Å². The van der Waals surface area contributed by atoms with Crippen molar-refractivity contribution in [3.63, 3.8) is 0 Å². The lowest BCUT2D eigenvalue weighted by atomic mass is 10.2. The Kier molecular flexibility index (Phi) is 2.65. The number of hydrogen-bond acceptors (Lipinski definition) is 3. The molecule has 1 aromatic carbocycles. The summed E-state index contributed by atoms with van der Waals surface area (Å²) in [6.07, 6.45) is 0. The highest BCUT2D eigenvalue weighted by Gasteiger charge is 2.12. The number of hydrogen-bond donors (Lipinski definition) is 1. The lowest BCUT2D eigenvalue weighted by Gasteiger charge is -1.97. The van der Waals surface area contributed by atoms with Crippen LogP contribution >= 0.6 is 15.9 Å². The zero-order valence-corrected chi connectivity index (χ0v) is 7.61. The van der Waals surface area contributed by atoms with Crippen LogP contribution in [0.4, 0.5) is 5.69 Å². The van der Waals surface area contributed by atoms with Crippen LogP contribution in [0.1, 0.15) is 5.56 Å².